The highest BCUT2D eigenvalue weighted by Crippen LogP contribution is 2.35. The van der Waals surface area contributed by atoms with E-state index in [1.807, 2.05) is 11.0 Å². The van der Waals surface area contributed by atoms with Crippen LogP contribution in [0.25, 0.3) is 11.1 Å². The summed E-state index contributed by atoms with van der Waals surface area (Å²) in [4.78, 5) is 35.2. The molecule has 4 N–H and O–H groups in total. The van der Waals surface area contributed by atoms with Gasteiger partial charge in [0.1, 0.15) is 0 Å². The van der Waals surface area contributed by atoms with Crippen molar-refractivity contribution in [1.29, 1.82) is 0 Å². The van der Waals surface area contributed by atoms with Gasteiger partial charge in [0.15, 0.2) is 0 Å². The van der Waals surface area contributed by atoms with Gasteiger partial charge in [-0.25, -0.2) is 9.97 Å². The van der Waals surface area contributed by atoms with Gasteiger partial charge in [-0.3, -0.25) is 9.59 Å². The molecule has 0 spiro atoms. The second-order valence-corrected chi connectivity index (χ2v) is 8.51. The van der Waals surface area contributed by atoms with Crippen LogP contribution >= 0.6 is 0 Å². The summed E-state index contributed by atoms with van der Waals surface area (Å²) in [6.07, 6.45) is 9.07. The largest absolute Gasteiger partial charge is 0.368 e. The lowest BCUT2D eigenvalue weighted by atomic mass is 9.89. The average Bonchev–Trinajstić information content (AvgIpc) is 3.27. The van der Waals surface area contributed by atoms with E-state index in [0.717, 1.165) is 36.2 Å². The number of amides is 2. The number of primary amides is 1. The van der Waals surface area contributed by atoms with Gasteiger partial charge < -0.3 is 16.4 Å². The van der Waals surface area contributed by atoms with Gasteiger partial charge in [-0.05, 0) is 49.3 Å². The van der Waals surface area contributed by atoms with Gasteiger partial charge in [-0.2, -0.15) is 0 Å². The molecule has 7 nitrogen and oxygen atoms in total. The fraction of sp³-hybridized carbons (Fsp3) is 0.478. The van der Waals surface area contributed by atoms with Crippen molar-refractivity contribution >= 4 is 17.8 Å². The lowest BCUT2D eigenvalue weighted by molar-refractivity contribution is -0.133. The van der Waals surface area contributed by atoms with Crippen LogP contribution in [-0.2, 0) is 4.79 Å². The number of likely N-dealkylation sites (tertiary alicyclic amines) is 1. The predicted molar refractivity (Wildman–Crippen MR) is 116 cm³/mol. The summed E-state index contributed by atoms with van der Waals surface area (Å²) in [5.74, 6) is 0.625. The minimum absolute atomic E-state index is 0.0869. The zero-order chi connectivity index (χ0) is 21.1. The van der Waals surface area contributed by atoms with E-state index >= 15 is 0 Å². The fourth-order valence-electron chi connectivity index (χ4n) is 4.80. The van der Waals surface area contributed by atoms with Crippen LogP contribution in [0.3, 0.4) is 0 Å². The number of aromatic nitrogens is 2. The maximum absolute atomic E-state index is 12.9. The van der Waals surface area contributed by atoms with E-state index in [4.69, 9.17) is 11.5 Å². The maximum Gasteiger partial charge on any atom is 0.248 e. The molecule has 1 saturated carbocycles. The molecule has 1 aromatic heterocycles. The number of rotatable bonds is 5. The van der Waals surface area contributed by atoms with E-state index in [2.05, 4.69) is 9.97 Å². The maximum atomic E-state index is 12.9. The molecular formula is C23H29N5O2. The monoisotopic (exact) mass is 407 g/mol. The van der Waals surface area contributed by atoms with Crippen molar-refractivity contribution in [2.75, 3.05) is 18.8 Å². The number of nitrogens with two attached hydrogens (primary N) is 2. The number of nitrogen functional groups attached to an aromatic ring is 1. The molecule has 4 rings (SSSR count). The highest BCUT2D eigenvalue weighted by atomic mass is 16.2. The number of nitrogens with zero attached hydrogens (tertiary/aromatic N) is 3. The highest BCUT2D eigenvalue weighted by Gasteiger charge is 2.29. The molecule has 1 aliphatic carbocycles. The molecule has 2 heterocycles. The number of hydrogen-bond donors (Lipinski definition) is 2. The Kier molecular flexibility index (Phi) is 5.97. The van der Waals surface area contributed by atoms with Gasteiger partial charge in [-0.1, -0.05) is 25.0 Å². The molecule has 1 aromatic carbocycles. The summed E-state index contributed by atoms with van der Waals surface area (Å²) >= 11 is 0. The van der Waals surface area contributed by atoms with Gasteiger partial charge in [0, 0.05) is 42.8 Å². The number of carbonyl (C=O) groups excluding carboxylic acids is 2. The Morgan fingerprint density at radius 2 is 1.93 bits per heavy atom. The Balaban J connectivity index is 1.58. The van der Waals surface area contributed by atoms with E-state index in [0.29, 0.717) is 24.4 Å². The molecule has 0 unspecified atom stereocenters. The zero-order valence-corrected chi connectivity index (χ0v) is 17.2. The highest BCUT2D eigenvalue weighted by molar-refractivity contribution is 5.94. The Morgan fingerprint density at radius 3 is 2.70 bits per heavy atom. The van der Waals surface area contributed by atoms with Crippen LogP contribution in [-0.4, -0.2) is 39.8 Å². The van der Waals surface area contributed by atoms with Crippen molar-refractivity contribution in [1.82, 2.24) is 14.9 Å². The molecule has 0 bridgehead atoms. The van der Waals surface area contributed by atoms with E-state index in [1.54, 1.807) is 24.4 Å². The summed E-state index contributed by atoms with van der Waals surface area (Å²) < 4.78 is 0. The van der Waals surface area contributed by atoms with E-state index < -0.39 is 5.91 Å². The molecule has 158 valence electrons. The van der Waals surface area contributed by atoms with Crippen LogP contribution in [0.4, 0.5) is 5.95 Å². The lowest BCUT2D eigenvalue weighted by Gasteiger charge is -2.34. The van der Waals surface area contributed by atoms with Crippen molar-refractivity contribution in [3.63, 3.8) is 0 Å². The summed E-state index contributed by atoms with van der Waals surface area (Å²) in [6, 6.07) is 7.16. The van der Waals surface area contributed by atoms with Crippen LogP contribution in [0.2, 0.25) is 0 Å². The molecule has 7 heteroatoms. The zero-order valence-electron chi connectivity index (χ0n) is 17.2. The second-order valence-electron chi connectivity index (χ2n) is 8.51. The molecule has 0 radical (unpaired) electrons. The van der Waals surface area contributed by atoms with E-state index in [9.17, 15) is 9.59 Å². The van der Waals surface area contributed by atoms with Crippen molar-refractivity contribution in [2.45, 2.75) is 50.9 Å². The first-order chi connectivity index (χ1) is 14.5. The van der Waals surface area contributed by atoms with E-state index in [-0.39, 0.29) is 17.8 Å². The first-order valence-corrected chi connectivity index (χ1v) is 10.8. The van der Waals surface area contributed by atoms with Crippen LogP contribution in [0, 0.1) is 5.92 Å². The minimum Gasteiger partial charge on any atom is -0.368 e. The summed E-state index contributed by atoms with van der Waals surface area (Å²) in [7, 11) is 0. The number of benzene rings is 1. The summed E-state index contributed by atoms with van der Waals surface area (Å²) in [6.45, 7) is 1.44. The molecule has 2 amide bonds. The predicted octanol–water partition coefficient (Wildman–Crippen LogP) is 3.11. The first kappa shape index (κ1) is 20.3. The Labute approximate surface area is 176 Å². The number of piperidine rings is 1. The third kappa shape index (κ3) is 4.45. The van der Waals surface area contributed by atoms with Gasteiger partial charge in [0.05, 0.1) is 5.69 Å². The van der Waals surface area contributed by atoms with Crippen LogP contribution < -0.4 is 11.5 Å². The summed E-state index contributed by atoms with van der Waals surface area (Å²) in [5.41, 5.74) is 14.3. The average molecular weight is 408 g/mol. The number of hydrogen-bond acceptors (Lipinski definition) is 5. The smallest absolute Gasteiger partial charge is 0.248 e. The van der Waals surface area contributed by atoms with Gasteiger partial charge in [0.25, 0.3) is 0 Å². The third-order valence-corrected chi connectivity index (χ3v) is 6.39. The number of anilines is 1. The fourth-order valence-corrected chi connectivity index (χ4v) is 4.80. The van der Waals surface area contributed by atoms with Crippen LogP contribution in [0.5, 0.6) is 0 Å². The normalized spacial score (nSPS) is 19.7. The molecule has 1 aliphatic heterocycles. The van der Waals surface area contributed by atoms with E-state index in [1.165, 1.54) is 25.7 Å². The molecule has 1 atom stereocenters. The Hall–Kier alpha value is -2.96. The van der Waals surface area contributed by atoms with Gasteiger partial charge in [0.2, 0.25) is 17.8 Å². The van der Waals surface area contributed by atoms with Crippen molar-refractivity contribution in [3.8, 4) is 11.1 Å². The summed E-state index contributed by atoms with van der Waals surface area (Å²) in [5, 5.41) is 0. The Bertz CT molecular complexity index is 939. The lowest BCUT2D eigenvalue weighted by Crippen LogP contribution is -2.40. The van der Waals surface area contributed by atoms with Gasteiger partial charge >= 0.3 is 0 Å². The van der Waals surface area contributed by atoms with Crippen LogP contribution in [0.15, 0.2) is 30.5 Å². The molecular weight excluding hydrogens is 378 g/mol. The Morgan fingerprint density at radius 1 is 1.13 bits per heavy atom. The molecule has 30 heavy (non-hydrogen) atoms. The van der Waals surface area contributed by atoms with Crippen LogP contribution in [0.1, 0.15) is 66.9 Å². The molecule has 2 fully saturated rings. The number of carbonyl (C=O) groups is 2. The standard InChI is InChI=1S/C23H29N5O2/c24-22(30)17-8-3-7-16(12-17)19-13-26-23(25)27-21(19)18-9-4-10-28(14-18)20(29)11-15-5-1-2-6-15/h3,7-8,12-13,15,18H,1-2,4-6,9-11,14H2,(H2,24,30)(H2,25,26,27)/t18-/m0/s1. The topological polar surface area (TPSA) is 115 Å². The molecule has 1 saturated heterocycles. The molecule has 2 aliphatic rings. The third-order valence-electron chi connectivity index (χ3n) is 6.39. The van der Waals surface area contributed by atoms with Crippen molar-refractivity contribution in [3.05, 3.63) is 41.7 Å². The molecule has 2 aromatic rings. The second kappa shape index (κ2) is 8.81. The van der Waals surface area contributed by atoms with Crippen molar-refractivity contribution < 1.29 is 9.59 Å². The van der Waals surface area contributed by atoms with Gasteiger partial charge in [-0.15, -0.1) is 0 Å². The quantitative estimate of drug-likeness (QED) is 0.790. The minimum atomic E-state index is -0.476. The van der Waals surface area contributed by atoms with Crippen molar-refractivity contribution in [2.24, 2.45) is 11.7 Å². The SMILES string of the molecule is NC(=O)c1cccc(-c2cnc(N)nc2[C@H]2CCCN(C(=O)CC3CCCC3)C2)c1. The first-order valence-electron chi connectivity index (χ1n) is 10.8.